The van der Waals surface area contributed by atoms with Gasteiger partial charge >= 0.3 is 0 Å². The Hall–Kier alpha value is -3.81. The van der Waals surface area contributed by atoms with E-state index >= 15 is 0 Å². The number of rotatable bonds is 4. The van der Waals surface area contributed by atoms with E-state index in [4.69, 9.17) is 4.42 Å². The minimum absolute atomic E-state index is 0.155. The molecule has 6 aromatic rings. The molecule has 0 saturated heterocycles. The van der Waals surface area contributed by atoms with Gasteiger partial charge in [0.1, 0.15) is 10.5 Å². The number of hydrogen-bond acceptors (Lipinski definition) is 6. The molecular formula is C25H15N3O2S2. The second-order valence-electron chi connectivity index (χ2n) is 7.17. The van der Waals surface area contributed by atoms with Gasteiger partial charge in [-0.2, -0.15) is 0 Å². The van der Waals surface area contributed by atoms with Gasteiger partial charge in [-0.05, 0) is 54.6 Å². The molecule has 0 saturated carbocycles. The number of amides is 1. The van der Waals surface area contributed by atoms with Gasteiger partial charge in [-0.1, -0.05) is 30.3 Å². The lowest BCUT2D eigenvalue weighted by atomic mass is 10.2. The Kier molecular flexibility index (Phi) is 4.56. The standard InChI is InChI=1S/C25H15N3O2S2/c29-23(21-12-13-22(31-21)25-28-18-9-2-4-11-20(18)32-25)26-16-7-5-6-15(14-16)24-27-17-8-1-3-10-19(17)30-24/h1-14H,(H,26,29). The summed E-state index contributed by atoms with van der Waals surface area (Å²) in [5.41, 5.74) is 4.00. The van der Waals surface area contributed by atoms with Gasteiger partial charge in [-0.3, -0.25) is 4.79 Å². The van der Waals surface area contributed by atoms with Gasteiger partial charge in [0.2, 0.25) is 5.89 Å². The third kappa shape index (κ3) is 3.47. The molecule has 0 atom stereocenters. The summed E-state index contributed by atoms with van der Waals surface area (Å²) in [6.07, 6.45) is 0. The Labute approximate surface area is 191 Å². The van der Waals surface area contributed by atoms with E-state index in [1.54, 1.807) is 11.3 Å². The van der Waals surface area contributed by atoms with Crippen LogP contribution in [-0.2, 0) is 0 Å². The predicted octanol–water partition coefficient (Wildman–Crippen LogP) is 7.09. The summed E-state index contributed by atoms with van der Waals surface area (Å²) in [4.78, 5) is 23.7. The molecule has 6 rings (SSSR count). The number of para-hydroxylation sites is 3. The number of thiazole rings is 1. The highest BCUT2D eigenvalue weighted by atomic mass is 32.1. The van der Waals surface area contributed by atoms with E-state index < -0.39 is 0 Å². The second kappa shape index (κ2) is 7.71. The summed E-state index contributed by atoms with van der Waals surface area (Å²) < 4.78 is 6.99. The van der Waals surface area contributed by atoms with Crippen molar-refractivity contribution >= 4 is 55.6 Å². The highest BCUT2D eigenvalue weighted by Crippen LogP contribution is 2.35. The van der Waals surface area contributed by atoms with Crippen molar-refractivity contribution in [3.05, 3.63) is 89.8 Å². The number of nitrogens with one attached hydrogen (secondary N) is 1. The number of thiophene rings is 1. The molecule has 0 unspecified atom stereocenters. The van der Waals surface area contributed by atoms with Crippen LogP contribution in [0.1, 0.15) is 9.67 Å². The summed E-state index contributed by atoms with van der Waals surface area (Å²) in [5, 5.41) is 3.90. The maximum absolute atomic E-state index is 12.9. The van der Waals surface area contributed by atoms with Crippen molar-refractivity contribution in [3.8, 4) is 21.3 Å². The number of nitrogens with zero attached hydrogens (tertiary/aromatic N) is 2. The highest BCUT2D eigenvalue weighted by molar-refractivity contribution is 7.26. The molecule has 0 aliphatic carbocycles. The first-order chi connectivity index (χ1) is 15.7. The quantitative estimate of drug-likeness (QED) is 0.309. The summed E-state index contributed by atoms with van der Waals surface area (Å²) in [5.74, 6) is 0.369. The van der Waals surface area contributed by atoms with Crippen LogP contribution in [0.3, 0.4) is 0 Å². The van der Waals surface area contributed by atoms with E-state index in [9.17, 15) is 4.79 Å². The Morgan fingerprint density at radius 2 is 1.66 bits per heavy atom. The van der Waals surface area contributed by atoms with Crippen LogP contribution in [0.25, 0.3) is 42.7 Å². The van der Waals surface area contributed by atoms with Crippen LogP contribution in [-0.4, -0.2) is 15.9 Å². The summed E-state index contributed by atoms with van der Waals surface area (Å²) in [6, 6.07) is 27.0. The fourth-order valence-corrected chi connectivity index (χ4v) is 5.39. The normalized spacial score (nSPS) is 11.2. The fraction of sp³-hybridized carbons (Fsp3) is 0. The minimum atomic E-state index is -0.155. The van der Waals surface area contributed by atoms with Gasteiger partial charge in [0.15, 0.2) is 5.58 Å². The lowest BCUT2D eigenvalue weighted by molar-refractivity contribution is 0.103. The number of oxazole rings is 1. The molecule has 32 heavy (non-hydrogen) atoms. The molecule has 3 heterocycles. The van der Waals surface area contributed by atoms with Gasteiger partial charge in [-0.15, -0.1) is 22.7 Å². The van der Waals surface area contributed by atoms with Gasteiger partial charge in [0.25, 0.3) is 5.91 Å². The van der Waals surface area contributed by atoms with E-state index in [2.05, 4.69) is 21.4 Å². The van der Waals surface area contributed by atoms with E-state index in [1.807, 2.05) is 78.9 Å². The Morgan fingerprint density at radius 1 is 0.812 bits per heavy atom. The summed E-state index contributed by atoms with van der Waals surface area (Å²) in [6.45, 7) is 0. The van der Waals surface area contributed by atoms with Crippen molar-refractivity contribution < 1.29 is 9.21 Å². The number of carbonyl (C=O) groups excluding carboxylic acids is 1. The molecule has 0 bridgehead atoms. The minimum Gasteiger partial charge on any atom is -0.436 e. The molecule has 154 valence electrons. The molecule has 3 aromatic heterocycles. The molecule has 1 amide bonds. The first kappa shape index (κ1) is 18.9. The predicted molar refractivity (Wildman–Crippen MR) is 130 cm³/mol. The number of aromatic nitrogens is 2. The molecule has 7 heteroatoms. The van der Waals surface area contributed by atoms with Crippen LogP contribution in [0.15, 0.2) is 89.3 Å². The van der Waals surface area contributed by atoms with E-state index in [0.717, 1.165) is 36.8 Å². The third-order valence-corrected chi connectivity index (χ3v) is 7.29. The third-order valence-electron chi connectivity index (χ3n) is 5.00. The van der Waals surface area contributed by atoms with Crippen molar-refractivity contribution in [1.82, 2.24) is 9.97 Å². The number of hydrogen-bond donors (Lipinski definition) is 1. The number of carbonyl (C=O) groups is 1. The average molecular weight is 454 g/mol. The van der Waals surface area contributed by atoms with Gasteiger partial charge in [0.05, 0.1) is 20.0 Å². The van der Waals surface area contributed by atoms with Crippen LogP contribution in [0, 0.1) is 0 Å². The van der Waals surface area contributed by atoms with Gasteiger partial charge in [0, 0.05) is 11.3 Å². The number of fused-ring (bicyclic) bond motifs is 2. The molecule has 0 spiro atoms. The van der Waals surface area contributed by atoms with E-state index in [0.29, 0.717) is 16.5 Å². The van der Waals surface area contributed by atoms with Crippen LogP contribution >= 0.6 is 22.7 Å². The van der Waals surface area contributed by atoms with Crippen LogP contribution in [0.5, 0.6) is 0 Å². The molecular weight excluding hydrogens is 438 g/mol. The average Bonchev–Trinajstić information content (AvgIpc) is 3.56. The molecule has 1 N–H and O–H groups in total. The van der Waals surface area contributed by atoms with Gasteiger partial charge < -0.3 is 9.73 Å². The SMILES string of the molecule is O=C(Nc1cccc(-c2nc3ccccc3o2)c1)c1ccc(-c2nc3ccccc3s2)s1. The smallest absolute Gasteiger partial charge is 0.265 e. The number of anilines is 1. The lowest BCUT2D eigenvalue weighted by Gasteiger charge is -2.04. The van der Waals surface area contributed by atoms with E-state index in [1.165, 1.54) is 11.3 Å². The van der Waals surface area contributed by atoms with E-state index in [-0.39, 0.29) is 5.91 Å². The van der Waals surface area contributed by atoms with Crippen molar-refractivity contribution in [2.24, 2.45) is 0 Å². The highest BCUT2D eigenvalue weighted by Gasteiger charge is 2.14. The Bertz CT molecular complexity index is 1530. The topological polar surface area (TPSA) is 68.0 Å². The molecule has 0 aliphatic rings. The zero-order valence-corrected chi connectivity index (χ0v) is 18.2. The maximum atomic E-state index is 12.9. The van der Waals surface area contributed by atoms with Crippen molar-refractivity contribution in [2.75, 3.05) is 5.32 Å². The Balaban J connectivity index is 1.24. The lowest BCUT2D eigenvalue weighted by Crippen LogP contribution is -2.09. The molecule has 0 fully saturated rings. The van der Waals surface area contributed by atoms with Crippen LogP contribution in [0.4, 0.5) is 5.69 Å². The zero-order chi connectivity index (χ0) is 21.5. The van der Waals surface area contributed by atoms with Crippen LogP contribution in [0.2, 0.25) is 0 Å². The van der Waals surface area contributed by atoms with Crippen molar-refractivity contribution in [1.29, 1.82) is 0 Å². The van der Waals surface area contributed by atoms with Crippen molar-refractivity contribution in [3.63, 3.8) is 0 Å². The maximum Gasteiger partial charge on any atom is 0.265 e. The van der Waals surface area contributed by atoms with Gasteiger partial charge in [-0.25, -0.2) is 9.97 Å². The summed E-state index contributed by atoms with van der Waals surface area (Å²) >= 11 is 3.07. The van der Waals surface area contributed by atoms with Crippen molar-refractivity contribution in [2.45, 2.75) is 0 Å². The molecule has 3 aromatic carbocycles. The molecule has 0 aliphatic heterocycles. The first-order valence-corrected chi connectivity index (χ1v) is 11.6. The molecule has 5 nitrogen and oxygen atoms in total. The Morgan fingerprint density at radius 3 is 2.53 bits per heavy atom. The largest absolute Gasteiger partial charge is 0.436 e. The molecule has 0 radical (unpaired) electrons. The second-order valence-corrected chi connectivity index (χ2v) is 9.29. The monoisotopic (exact) mass is 453 g/mol. The summed E-state index contributed by atoms with van der Waals surface area (Å²) in [7, 11) is 0. The first-order valence-electron chi connectivity index (χ1n) is 9.96. The zero-order valence-electron chi connectivity index (χ0n) is 16.6. The van der Waals surface area contributed by atoms with Crippen LogP contribution < -0.4 is 5.32 Å². The number of benzene rings is 3. The fourth-order valence-electron chi connectivity index (χ4n) is 3.47.